The highest BCUT2D eigenvalue weighted by Gasteiger charge is 2.22. The highest BCUT2D eigenvalue weighted by Crippen LogP contribution is 2.21. The number of hydrogen-bond donors (Lipinski definition) is 1. The van der Waals surface area contributed by atoms with Crippen LogP contribution in [-0.4, -0.2) is 18.1 Å². The van der Waals surface area contributed by atoms with Crippen LogP contribution >= 0.6 is 0 Å². The lowest BCUT2D eigenvalue weighted by atomic mass is 10.1. The van der Waals surface area contributed by atoms with Gasteiger partial charge in [0.15, 0.2) is 0 Å². The third kappa shape index (κ3) is 3.84. The van der Waals surface area contributed by atoms with Gasteiger partial charge in [0.05, 0.1) is 0 Å². The lowest BCUT2D eigenvalue weighted by molar-refractivity contribution is -0.150. The van der Waals surface area contributed by atoms with Crippen LogP contribution in [-0.2, 0) is 16.0 Å². The third-order valence-electron chi connectivity index (χ3n) is 3.47. The molecule has 0 bridgehead atoms. The lowest BCUT2D eigenvalue weighted by Gasteiger charge is -2.15. The van der Waals surface area contributed by atoms with Crippen LogP contribution in [0.2, 0.25) is 0 Å². The van der Waals surface area contributed by atoms with Gasteiger partial charge in [-0.25, -0.2) is 0 Å². The first-order valence-corrected chi connectivity index (χ1v) is 6.75. The van der Waals surface area contributed by atoms with Gasteiger partial charge in [-0.1, -0.05) is 30.3 Å². The number of hydrogen-bond acceptors (Lipinski definition) is 3. The van der Waals surface area contributed by atoms with Gasteiger partial charge in [0.25, 0.3) is 0 Å². The Morgan fingerprint density at radius 3 is 2.61 bits per heavy atom. The fourth-order valence-electron chi connectivity index (χ4n) is 2.34. The first-order valence-electron chi connectivity index (χ1n) is 6.75. The SMILES string of the molecule is NC(CCc1ccccc1)C(=O)OC1CCCC1. The fourth-order valence-corrected chi connectivity index (χ4v) is 2.34. The molecule has 0 saturated heterocycles. The summed E-state index contributed by atoms with van der Waals surface area (Å²) in [5.74, 6) is -0.238. The van der Waals surface area contributed by atoms with Crippen molar-refractivity contribution in [3.05, 3.63) is 35.9 Å². The van der Waals surface area contributed by atoms with Crippen molar-refractivity contribution in [1.82, 2.24) is 0 Å². The number of carbonyl (C=O) groups excluding carboxylic acids is 1. The minimum atomic E-state index is -0.495. The summed E-state index contributed by atoms with van der Waals surface area (Å²) in [6, 6.07) is 9.59. The summed E-state index contributed by atoms with van der Waals surface area (Å²) in [6.07, 6.45) is 5.90. The smallest absolute Gasteiger partial charge is 0.323 e. The summed E-state index contributed by atoms with van der Waals surface area (Å²) >= 11 is 0. The van der Waals surface area contributed by atoms with Crippen molar-refractivity contribution in [3.8, 4) is 0 Å². The molecule has 2 N–H and O–H groups in total. The molecule has 1 saturated carbocycles. The molecule has 3 heteroatoms. The molecule has 2 rings (SSSR count). The normalized spacial score (nSPS) is 17.6. The van der Waals surface area contributed by atoms with E-state index in [1.807, 2.05) is 18.2 Å². The van der Waals surface area contributed by atoms with Crippen molar-refractivity contribution in [3.63, 3.8) is 0 Å². The topological polar surface area (TPSA) is 52.3 Å². The van der Waals surface area contributed by atoms with Crippen LogP contribution in [0, 0.1) is 0 Å². The number of rotatable bonds is 5. The van der Waals surface area contributed by atoms with E-state index in [4.69, 9.17) is 10.5 Å². The molecule has 0 spiro atoms. The minimum Gasteiger partial charge on any atom is -0.461 e. The van der Waals surface area contributed by atoms with Crippen molar-refractivity contribution in [2.24, 2.45) is 5.73 Å². The van der Waals surface area contributed by atoms with Crippen molar-refractivity contribution < 1.29 is 9.53 Å². The van der Waals surface area contributed by atoms with Gasteiger partial charge in [-0.05, 0) is 44.1 Å². The molecule has 0 amide bonds. The lowest BCUT2D eigenvalue weighted by Crippen LogP contribution is -2.34. The van der Waals surface area contributed by atoms with E-state index in [9.17, 15) is 4.79 Å². The van der Waals surface area contributed by atoms with Crippen molar-refractivity contribution in [2.45, 2.75) is 50.7 Å². The molecule has 0 heterocycles. The number of aryl methyl sites for hydroxylation is 1. The van der Waals surface area contributed by atoms with Crippen molar-refractivity contribution >= 4 is 5.97 Å². The number of ether oxygens (including phenoxy) is 1. The van der Waals surface area contributed by atoms with Gasteiger partial charge in [0.2, 0.25) is 0 Å². The van der Waals surface area contributed by atoms with Gasteiger partial charge >= 0.3 is 5.97 Å². The third-order valence-corrected chi connectivity index (χ3v) is 3.47. The molecular formula is C15H21NO2. The summed E-state index contributed by atoms with van der Waals surface area (Å²) in [7, 11) is 0. The second-order valence-corrected chi connectivity index (χ2v) is 4.97. The summed E-state index contributed by atoms with van der Waals surface area (Å²) in [5, 5.41) is 0. The highest BCUT2D eigenvalue weighted by molar-refractivity contribution is 5.75. The Balaban J connectivity index is 1.73. The minimum absolute atomic E-state index is 0.111. The number of nitrogens with two attached hydrogens (primary N) is 1. The number of benzene rings is 1. The van der Waals surface area contributed by atoms with Gasteiger partial charge < -0.3 is 10.5 Å². The van der Waals surface area contributed by atoms with E-state index in [0.29, 0.717) is 6.42 Å². The Morgan fingerprint density at radius 2 is 1.94 bits per heavy atom. The fraction of sp³-hybridized carbons (Fsp3) is 0.533. The molecule has 1 atom stereocenters. The summed E-state index contributed by atoms with van der Waals surface area (Å²) < 4.78 is 5.40. The van der Waals surface area contributed by atoms with Crippen molar-refractivity contribution in [1.29, 1.82) is 0 Å². The van der Waals surface area contributed by atoms with Gasteiger partial charge in [-0.2, -0.15) is 0 Å². The van der Waals surface area contributed by atoms with Crippen molar-refractivity contribution in [2.75, 3.05) is 0 Å². The predicted molar refractivity (Wildman–Crippen MR) is 71.1 cm³/mol. The van der Waals surface area contributed by atoms with Gasteiger partial charge in [-0.15, -0.1) is 0 Å². The van der Waals surface area contributed by atoms with Crippen LogP contribution in [0.15, 0.2) is 30.3 Å². The average Bonchev–Trinajstić information content (AvgIpc) is 2.90. The van der Waals surface area contributed by atoms with Crippen LogP contribution in [0.5, 0.6) is 0 Å². The molecule has 0 aromatic heterocycles. The molecule has 18 heavy (non-hydrogen) atoms. The van der Waals surface area contributed by atoms with Crippen LogP contribution in [0.4, 0.5) is 0 Å². The van der Waals surface area contributed by atoms with E-state index in [1.165, 1.54) is 5.56 Å². The summed E-state index contributed by atoms with van der Waals surface area (Å²) in [6.45, 7) is 0. The maximum atomic E-state index is 11.8. The molecule has 3 nitrogen and oxygen atoms in total. The van der Waals surface area contributed by atoms with Gasteiger partial charge in [-0.3, -0.25) is 4.79 Å². The van der Waals surface area contributed by atoms with E-state index in [0.717, 1.165) is 32.1 Å². The average molecular weight is 247 g/mol. The zero-order valence-corrected chi connectivity index (χ0v) is 10.7. The maximum absolute atomic E-state index is 11.8. The molecule has 1 aromatic carbocycles. The molecular weight excluding hydrogens is 226 g/mol. The highest BCUT2D eigenvalue weighted by atomic mass is 16.5. The predicted octanol–water partition coefficient (Wildman–Crippen LogP) is 2.43. The maximum Gasteiger partial charge on any atom is 0.323 e. The Hall–Kier alpha value is -1.35. The monoisotopic (exact) mass is 247 g/mol. The quantitative estimate of drug-likeness (QED) is 0.813. The molecule has 0 radical (unpaired) electrons. The van der Waals surface area contributed by atoms with Crippen LogP contribution < -0.4 is 5.73 Å². The van der Waals surface area contributed by atoms with Crippen LogP contribution in [0.1, 0.15) is 37.7 Å². The Bertz CT molecular complexity index is 371. The molecule has 0 aliphatic heterocycles. The summed E-state index contributed by atoms with van der Waals surface area (Å²) in [4.78, 5) is 11.8. The Labute approximate surface area is 108 Å². The molecule has 1 unspecified atom stereocenters. The van der Waals surface area contributed by atoms with Gasteiger partial charge in [0.1, 0.15) is 12.1 Å². The van der Waals surface area contributed by atoms with Gasteiger partial charge in [0, 0.05) is 0 Å². The molecule has 1 fully saturated rings. The van der Waals surface area contributed by atoms with E-state index >= 15 is 0 Å². The number of esters is 1. The van der Waals surface area contributed by atoms with Crippen LogP contribution in [0.25, 0.3) is 0 Å². The Morgan fingerprint density at radius 1 is 1.28 bits per heavy atom. The molecule has 1 aliphatic rings. The molecule has 1 aliphatic carbocycles. The van der Waals surface area contributed by atoms with Crippen LogP contribution in [0.3, 0.4) is 0 Å². The second kappa shape index (κ2) is 6.55. The van der Waals surface area contributed by atoms with E-state index in [1.54, 1.807) is 0 Å². The molecule has 1 aromatic rings. The zero-order valence-electron chi connectivity index (χ0n) is 10.7. The van der Waals surface area contributed by atoms with E-state index in [-0.39, 0.29) is 12.1 Å². The largest absolute Gasteiger partial charge is 0.461 e. The zero-order chi connectivity index (χ0) is 12.8. The Kier molecular flexibility index (Phi) is 4.76. The first kappa shape index (κ1) is 13.1. The van der Waals surface area contributed by atoms with E-state index in [2.05, 4.69) is 12.1 Å². The molecule has 98 valence electrons. The standard InChI is InChI=1S/C15H21NO2/c16-14(11-10-12-6-2-1-3-7-12)15(17)18-13-8-4-5-9-13/h1-3,6-7,13-14H,4-5,8-11,16H2. The van der Waals surface area contributed by atoms with E-state index < -0.39 is 6.04 Å². The summed E-state index contributed by atoms with van der Waals surface area (Å²) in [5.41, 5.74) is 7.08. The second-order valence-electron chi connectivity index (χ2n) is 4.97. The first-order chi connectivity index (χ1) is 8.75. The number of carbonyl (C=O) groups is 1.